The highest BCUT2D eigenvalue weighted by molar-refractivity contribution is 5.58. The van der Waals surface area contributed by atoms with Crippen LogP contribution in [0.1, 0.15) is 18.9 Å². The van der Waals surface area contributed by atoms with Crippen LogP contribution in [0.15, 0.2) is 6.33 Å². The van der Waals surface area contributed by atoms with E-state index in [9.17, 15) is 0 Å². The monoisotopic (exact) mass is 237 g/mol. The van der Waals surface area contributed by atoms with E-state index in [1.165, 1.54) is 0 Å². The Balaban J connectivity index is 2.30. The van der Waals surface area contributed by atoms with Crippen molar-refractivity contribution in [3.8, 4) is 0 Å². The third-order valence-corrected chi connectivity index (χ3v) is 2.87. The molecule has 0 bridgehead atoms. The van der Waals surface area contributed by atoms with E-state index in [0.29, 0.717) is 0 Å². The quantitative estimate of drug-likeness (QED) is 0.588. The van der Waals surface area contributed by atoms with Gasteiger partial charge in [0.15, 0.2) is 0 Å². The molecule has 0 aliphatic carbocycles. The number of nitrogens with one attached hydrogen (secondary N) is 1. The van der Waals surface area contributed by atoms with Crippen LogP contribution in [0.3, 0.4) is 0 Å². The number of hydrogen-bond acceptors (Lipinski definition) is 6. The van der Waals surface area contributed by atoms with Crippen molar-refractivity contribution >= 4 is 11.6 Å². The summed E-state index contributed by atoms with van der Waals surface area (Å²) in [6, 6.07) is 0. The number of anilines is 2. The first-order chi connectivity index (χ1) is 8.36. The van der Waals surface area contributed by atoms with Crippen LogP contribution in [0.2, 0.25) is 0 Å². The van der Waals surface area contributed by atoms with Gasteiger partial charge in [0.1, 0.15) is 18.0 Å². The molecule has 6 heteroatoms. The summed E-state index contributed by atoms with van der Waals surface area (Å²) in [6.07, 6.45) is 3.52. The summed E-state index contributed by atoms with van der Waals surface area (Å²) >= 11 is 0. The minimum atomic E-state index is 0.725. The topological polar surface area (TPSA) is 76.3 Å². The van der Waals surface area contributed by atoms with Crippen molar-refractivity contribution in [1.82, 2.24) is 9.97 Å². The van der Waals surface area contributed by atoms with E-state index < -0.39 is 0 Å². The first-order valence-corrected chi connectivity index (χ1v) is 6.00. The van der Waals surface area contributed by atoms with E-state index in [4.69, 9.17) is 10.6 Å². The van der Waals surface area contributed by atoms with E-state index in [1.807, 2.05) is 0 Å². The summed E-state index contributed by atoms with van der Waals surface area (Å²) in [7, 11) is 0. The Morgan fingerprint density at radius 3 is 2.82 bits per heavy atom. The Morgan fingerprint density at radius 2 is 2.18 bits per heavy atom. The maximum atomic E-state index is 5.50. The molecule has 3 N–H and O–H groups in total. The van der Waals surface area contributed by atoms with E-state index in [1.54, 1.807) is 6.33 Å². The molecular weight excluding hydrogens is 218 g/mol. The minimum Gasteiger partial charge on any atom is -0.378 e. The molecule has 17 heavy (non-hydrogen) atoms. The van der Waals surface area contributed by atoms with Crippen LogP contribution < -0.4 is 16.2 Å². The number of aromatic nitrogens is 2. The minimum absolute atomic E-state index is 0.725. The number of morpholine rings is 1. The van der Waals surface area contributed by atoms with E-state index in [-0.39, 0.29) is 0 Å². The average molecular weight is 237 g/mol. The van der Waals surface area contributed by atoms with Crippen LogP contribution in [0.5, 0.6) is 0 Å². The zero-order valence-electron chi connectivity index (χ0n) is 10.1. The fraction of sp³-hybridized carbons (Fsp3) is 0.636. The molecule has 0 saturated carbocycles. The maximum absolute atomic E-state index is 5.50. The van der Waals surface area contributed by atoms with Gasteiger partial charge in [-0.15, -0.1) is 0 Å². The Morgan fingerprint density at radius 1 is 1.41 bits per heavy atom. The molecule has 1 aromatic rings. The highest BCUT2D eigenvalue weighted by atomic mass is 16.5. The molecule has 94 valence electrons. The van der Waals surface area contributed by atoms with Crippen molar-refractivity contribution in [2.75, 3.05) is 36.6 Å². The lowest BCUT2D eigenvalue weighted by Crippen LogP contribution is -2.37. The molecule has 2 rings (SSSR count). The molecule has 0 amide bonds. The number of ether oxygens (including phenoxy) is 1. The molecular formula is C11H19N5O. The van der Waals surface area contributed by atoms with Gasteiger partial charge in [0, 0.05) is 18.7 Å². The number of rotatable bonds is 4. The van der Waals surface area contributed by atoms with Gasteiger partial charge in [-0.05, 0) is 6.42 Å². The number of hydrazine groups is 1. The van der Waals surface area contributed by atoms with Crippen LogP contribution in [0.25, 0.3) is 0 Å². The zero-order valence-corrected chi connectivity index (χ0v) is 10.1. The van der Waals surface area contributed by atoms with Crippen molar-refractivity contribution in [1.29, 1.82) is 0 Å². The SMILES string of the molecule is CCCc1c(NN)ncnc1N1CCOCC1. The number of hydrogen-bond donors (Lipinski definition) is 2. The summed E-state index contributed by atoms with van der Waals surface area (Å²) in [5.41, 5.74) is 3.75. The van der Waals surface area contributed by atoms with Gasteiger partial charge in [-0.3, -0.25) is 0 Å². The van der Waals surface area contributed by atoms with E-state index >= 15 is 0 Å². The standard InChI is InChI=1S/C11H19N5O/c1-2-3-9-10(15-12)13-8-14-11(9)16-4-6-17-7-5-16/h8H,2-7,12H2,1H3,(H,13,14,15). The predicted molar refractivity (Wildman–Crippen MR) is 66.9 cm³/mol. The Hall–Kier alpha value is -1.40. The van der Waals surface area contributed by atoms with E-state index in [0.717, 1.165) is 56.3 Å². The van der Waals surface area contributed by atoms with Gasteiger partial charge in [-0.2, -0.15) is 0 Å². The molecule has 6 nitrogen and oxygen atoms in total. The second kappa shape index (κ2) is 5.79. The van der Waals surface area contributed by atoms with Crippen LogP contribution >= 0.6 is 0 Å². The molecule has 0 unspecified atom stereocenters. The molecule has 0 radical (unpaired) electrons. The second-order valence-electron chi connectivity index (χ2n) is 4.02. The summed E-state index contributed by atoms with van der Waals surface area (Å²) in [5, 5.41) is 0. The average Bonchev–Trinajstić information content (AvgIpc) is 2.40. The molecule has 1 aliphatic heterocycles. The third kappa shape index (κ3) is 2.65. The Bertz CT molecular complexity index is 365. The molecule has 0 spiro atoms. The molecule has 1 saturated heterocycles. The fourth-order valence-corrected chi connectivity index (χ4v) is 2.06. The van der Waals surface area contributed by atoms with E-state index in [2.05, 4.69) is 27.2 Å². The lowest BCUT2D eigenvalue weighted by atomic mass is 10.1. The lowest BCUT2D eigenvalue weighted by Gasteiger charge is -2.29. The predicted octanol–water partition coefficient (Wildman–Crippen LogP) is 0.551. The van der Waals surface area contributed by atoms with Gasteiger partial charge in [0.25, 0.3) is 0 Å². The second-order valence-corrected chi connectivity index (χ2v) is 4.02. The molecule has 1 aromatic heterocycles. The van der Waals surface area contributed by atoms with Crippen molar-refractivity contribution in [3.63, 3.8) is 0 Å². The van der Waals surface area contributed by atoms with Gasteiger partial charge < -0.3 is 15.1 Å². The Kier molecular flexibility index (Phi) is 4.11. The van der Waals surface area contributed by atoms with Gasteiger partial charge >= 0.3 is 0 Å². The molecule has 0 atom stereocenters. The summed E-state index contributed by atoms with van der Waals surface area (Å²) in [6.45, 7) is 5.38. The van der Waals surface area contributed by atoms with Crippen LogP contribution in [-0.4, -0.2) is 36.3 Å². The lowest BCUT2D eigenvalue weighted by molar-refractivity contribution is 0.122. The highest BCUT2D eigenvalue weighted by Crippen LogP contribution is 2.24. The molecule has 1 aliphatic rings. The smallest absolute Gasteiger partial charge is 0.148 e. The fourth-order valence-electron chi connectivity index (χ4n) is 2.06. The zero-order chi connectivity index (χ0) is 12.1. The van der Waals surface area contributed by atoms with Gasteiger partial charge in [0.2, 0.25) is 0 Å². The highest BCUT2D eigenvalue weighted by Gasteiger charge is 2.18. The van der Waals surface area contributed by atoms with Gasteiger partial charge in [-0.25, -0.2) is 15.8 Å². The van der Waals surface area contributed by atoms with Crippen LogP contribution in [0, 0.1) is 0 Å². The largest absolute Gasteiger partial charge is 0.378 e. The normalized spacial score (nSPS) is 16.0. The molecule has 0 aromatic carbocycles. The summed E-state index contributed by atoms with van der Waals surface area (Å²) in [4.78, 5) is 10.8. The summed E-state index contributed by atoms with van der Waals surface area (Å²) in [5.74, 6) is 7.21. The number of nitrogen functional groups attached to an aromatic ring is 1. The van der Waals surface area contributed by atoms with Crippen molar-refractivity contribution in [2.24, 2.45) is 5.84 Å². The Labute approximate surface area is 101 Å². The van der Waals surface area contributed by atoms with Gasteiger partial charge in [0.05, 0.1) is 13.2 Å². The maximum Gasteiger partial charge on any atom is 0.148 e. The molecule has 2 heterocycles. The third-order valence-electron chi connectivity index (χ3n) is 2.87. The van der Waals surface area contributed by atoms with Crippen LogP contribution in [0.4, 0.5) is 11.6 Å². The van der Waals surface area contributed by atoms with Crippen molar-refractivity contribution in [2.45, 2.75) is 19.8 Å². The van der Waals surface area contributed by atoms with Crippen molar-refractivity contribution < 1.29 is 4.74 Å². The molecule has 1 fully saturated rings. The van der Waals surface area contributed by atoms with Crippen LogP contribution in [-0.2, 0) is 11.2 Å². The first kappa shape index (κ1) is 12.1. The first-order valence-electron chi connectivity index (χ1n) is 6.00. The van der Waals surface area contributed by atoms with Gasteiger partial charge in [-0.1, -0.05) is 13.3 Å². The number of nitrogens with two attached hydrogens (primary N) is 1. The number of nitrogens with zero attached hydrogens (tertiary/aromatic N) is 3. The van der Waals surface area contributed by atoms with Crippen molar-refractivity contribution in [3.05, 3.63) is 11.9 Å². The summed E-state index contributed by atoms with van der Waals surface area (Å²) < 4.78 is 5.35.